The summed E-state index contributed by atoms with van der Waals surface area (Å²) in [5.41, 5.74) is 0. The molecule has 3 amide bonds. The lowest BCUT2D eigenvalue weighted by molar-refractivity contribution is -0.161. The highest BCUT2D eigenvalue weighted by Gasteiger charge is 2.47. The van der Waals surface area contributed by atoms with E-state index in [0.717, 1.165) is 184 Å². The van der Waals surface area contributed by atoms with Crippen LogP contribution in [0.5, 0.6) is 0 Å². The third-order valence-electron chi connectivity index (χ3n) is 24.1. The molecule has 0 aromatic carbocycles. The van der Waals surface area contributed by atoms with Crippen LogP contribution in [0.15, 0.2) is 0 Å². The van der Waals surface area contributed by atoms with Crippen molar-refractivity contribution < 1.29 is 43.2 Å². The van der Waals surface area contributed by atoms with Crippen molar-refractivity contribution in [2.75, 3.05) is 97.5 Å². The number of carbonyl (C=O) groups is 3. The predicted molar refractivity (Wildman–Crippen MR) is 334 cm³/mol. The average Bonchev–Trinajstić information content (AvgIpc) is 4.51. The van der Waals surface area contributed by atoms with E-state index >= 15 is 0 Å². The van der Waals surface area contributed by atoms with Crippen LogP contribution in [-0.4, -0.2) is 222 Å². The molecule has 4 unspecified atom stereocenters. The molecule has 6 atom stereocenters. The van der Waals surface area contributed by atoms with Crippen LogP contribution in [0.25, 0.3) is 0 Å². The first-order chi connectivity index (χ1) is 41.7. The maximum absolute atomic E-state index is 12.6. The van der Waals surface area contributed by atoms with Gasteiger partial charge in [0.2, 0.25) is 17.7 Å². The molecule has 14 aliphatic rings. The Bertz CT molecular complexity index is 1960. The number of aliphatic hydroxyl groups is 1. The zero-order valence-corrected chi connectivity index (χ0v) is 54.2. The number of hydrogen-bond donors (Lipinski definition) is 1. The van der Waals surface area contributed by atoms with E-state index in [9.17, 15) is 19.5 Å². The SMILES string of the molecule is O=C(CBr)N(C1CCN(C2CCC(COCC3CC3)CC2)CC1)[C@H]1CCC[C@@H]1O.O=C1COC2CCCC2N1C1CCN(C2CCC(COCC3CC3)CC2)CC1.O=C1COC2CCCC2N1C1CCN(C2CCC(COCC3CC3)CC2)CC1. The van der Waals surface area contributed by atoms with Crippen molar-refractivity contribution in [2.45, 2.75) is 285 Å². The first-order valence-corrected chi connectivity index (χ1v) is 37.2. The number of halogens is 1. The lowest BCUT2D eigenvalue weighted by Gasteiger charge is -2.47. The number of carbonyl (C=O) groups excluding carboxylic acids is 3. The predicted octanol–water partition coefficient (Wildman–Crippen LogP) is 10.0. The standard InChI is InChI=1S/C23H39BrN2O3.2C23H38N2O3/c24-14-23(28)26(21-2-1-3-22(21)27)20-10-12-25(13-11-20)19-8-6-18(7-9-19)16-29-15-17-4-5-17;2*26-23-16-28-22-3-1-2-21(22)25(23)20-10-12-24(13-11-20)19-8-6-18(7-9-19)15-27-14-17-4-5-17/h17-22,27H,1-16H2;2*17-22H,1-16H2/t18?,19?,21-,22-;;/m0../s1. The minimum Gasteiger partial charge on any atom is -0.391 e. The van der Waals surface area contributed by atoms with Crippen LogP contribution in [0.3, 0.4) is 0 Å². The smallest absolute Gasteiger partial charge is 0.249 e. The number of amides is 3. The first kappa shape index (κ1) is 63.7. The molecule has 9 saturated carbocycles. The Balaban J connectivity index is 0.000000125. The van der Waals surface area contributed by atoms with E-state index in [1.165, 1.54) is 155 Å². The highest BCUT2D eigenvalue weighted by molar-refractivity contribution is 9.09. The van der Waals surface area contributed by atoms with E-state index in [1.54, 1.807) is 0 Å². The van der Waals surface area contributed by atoms with Gasteiger partial charge in [0.25, 0.3) is 0 Å². The molecule has 15 nitrogen and oxygen atoms in total. The summed E-state index contributed by atoms with van der Waals surface area (Å²) < 4.78 is 29.4. The Morgan fingerprint density at radius 2 is 0.753 bits per heavy atom. The molecular weight excluding hydrogens is 1140 g/mol. The van der Waals surface area contributed by atoms with Crippen molar-refractivity contribution in [3.63, 3.8) is 0 Å². The Labute approximate surface area is 521 Å². The molecule has 5 saturated heterocycles. The molecule has 14 rings (SSSR count). The fraction of sp³-hybridized carbons (Fsp3) is 0.957. The molecule has 0 spiro atoms. The maximum Gasteiger partial charge on any atom is 0.249 e. The van der Waals surface area contributed by atoms with Crippen molar-refractivity contribution in [3.05, 3.63) is 0 Å². The number of piperidine rings is 3. The molecule has 14 fully saturated rings. The van der Waals surface area contributed by atoms with Crippen LogP contribution in [0.1, 0.15) is 212 Å². The van der Waals surface area contributed by atoms with Gasteiger partial charge in [-0.05, 0) is 247 Å². The van der Waals surface area contributed by atoms with E-state index in [-0.39, 0.29) is 29.9 Å². The van der Waals surface area contributed by atoms with E-state index in [2.05, 4.69) is 45.3 Å². The van der Waals surface area contributed by atoms with Gasteiger partial charge in [0, 0.05) is 115 Å². The zero-order valence-electron chi connectivity index (χ0n) is 52.6. The van der Waals surface area contributed by atoms with Crippen LogP contribution >= 0.6 is 15.9 Å². The lowest BCUT2D eigenvalue weighted by Crippen LogP contribution is -2.59. The zero-order chi connectivity index (χ0) is 58.1. The second-order valence-electron chi connectivity index (χ2n) is 30.1. The van der Waals surface area contributed by atoms with Gasteiger partial charge in [-0.25, -0.2) is 0 Å². The molecule has 85 heavy (non-hydrogen) atoms. The number of likely N-dealkylation sites (tertiary alicyclic amines) is 3. The molecule has 482 valence electrons. The van der Waals surface area contributed by atoms with Gasteiger partial charge in [-0.1, -0.05) is 15.9 Å². The Hall–Kier alpha value is -1.47. The normalized spacial score (nSPS) is 36.8. The Morgan fingerprint density at radius 3 is 1.07 bits per heavy atom. The second-order valence-corrected chi connectivity index (χ2v) is 30.6. The quantitative estimate of drug-likeness (QED) is 0.116. The van der Waals surface area contributed by atoms with Crippen LogP contribution < -0.4 is 0 Å². The number of nitrogens with zero attached hydrogens (tertiary/aromatic N) is 6. The second kappa shape index (κ2) is 31.2. The Kier molecular flexibility index (Phi) is 23.4. The van der Waals surface area contributed by atoms with E-state index in [0.29, 0.717) is 67.0 Å². The summed E-state index contributed by atoms with van der Waals surface area (Å²) >= 11 is 3.36. The van der Waals surface area contributed by atoms with Gasteiger partial charge in [-0.2, -0.15) is 0 Å². The van der Waals surface area contributed by atoms with Crippen molar-refractivity contribution >= 4 is 33.7 Å². The van der Waals surface area contributed by atoms with Gasteiger partial charge in [-0.3, -0.25) is 14.4 Å². The van der Waals surface area contributed by atoms with Gasteiger partial charge in [-0.15, -0.1) is 0 Å². The molecule has 5 heterocycles. The third-order valence-corrected chi connectivity index (χ3v) is 24.5. The fourth-order valence-electron chi connectivity index (χ4n) is 18.3. The molecule has 9 aliphatic carbocycles. The van der Waals surface area contributed by atoms with Gasteiger partial charge in [0.1, 0.15) is 13.2 Å². The van der Waals surface area contributed by atoms with Crippen LogP contribution in [0, 0.1) is 35.5 Å². The number of rotatable bonds is 20. The van der Waals surface area contributed by atoms with Crippen molar-refractivity contribution in [3.8, 4) is 0 Å². The molecule has 0 radical (unpaired) electrons. The van der Waals surface area contributed by atoms with E-state index in [1.807, 2.05) is 0 Å². The van der Waals surface area contributed by atoms with Crippen molar-refractivity contribution in [2.24, 2.45) is 35.5 Å². The average molecular weight is 1250 g/mol. The summed E-state index contributed by atoms with van der Waals surface area (Å²) in [6.45, 7) is 13.4. The number of ether oxygens (including phenoxy) is 5. The summed E-state index contributed by atoms with van der Waals surface area (Å²) in [7, 11) is 0. The molecule has 1 N–H and O–H groups in total. The number of fused-ring (bicyclic) bond motifs is 2. The molecule has 16 heteroatoms. The highest BCUT2D eigenvalue weighted by atomic mass is 79.9. The molecule has 5 aliphatic heterocycles. The van der Waals surface area contributed by atoms with Crippen molar-refractivity contribution in [1.29, 1.82) is 0 Å². The Morgan fingerprint density at radius 1 is 0.424 bits per heavy atom. The number of hydrogen-bond acceptors (Lipinski definition) is 12. The largest absolute Gasteiger partial charge is 0.391 e. The van der Waals surface area contributed by atoms with Gasteiger partial charge in [0.15, 0.2) is 0 Å². The number of morpholine rings is 2. The topological polar surface area (TPSA) is 137 Å². The summed E-state index contributed by atoms with van der Waals surface area (Å²) in [5.74, 6) is 5.62. The third kappa shape index (κ3) is 17.4. The first-order valence-electron chi connectivity index (χ1n) is 36.1. The number of aliphatic hydroxyl groups excluding tert-OH is 1. The molecule has 0 aromatic rings. The summed E-state index contributed by atoms with van der Waals surface area (Å²) in [6.07, 6.45) is 41.0. The molecule has 0 bridgehead atoms. The van der Waals surface area contributed by atoms with Crippen LogP contribution in [-0.2, 0) is 38.1 Å². The fourth-order valence-corrected chi connectivity index (χ4v) is 18.6. The van der Waals surface area contributed by atoms with Crippen LogP contribution in [0.2, 0.25) is 0 Å². The van der Waals surface area contributed by atoms with Gasteiger partial charge in [0.05, 0.1) is 41.8 Å². The lowest BCUT2D eigenvalue weighted by atomic mass is 9.84. The maximum atomic E-state index is 12.6. The number of alkyl halides is 1. The van der Waals surface area contributed by atoms with Crippen LogP contribution in [0.4, 0.5) is 0 Å². The highest BCUT2D eigenvalue weighted by Crippen LogP contribution is 2.40. The molecular formula is C69H115BrN6O9. The monoisotopic (exact) mass is 1250 g/mol. The summed E-state index contributed by atoms with van der Waals surface area (Å²) in [5, 5.41) is 10.7. The van der Waals surface area contributed by atoms with E-state index in [4.69, 9.17) is 23.7 Å². The van der Waals surface area contributed by atoms with Gasteiger partial charge < -0.3 is 58.2 Å². The minimum absolute atomic E-state index is 0.0303. The summed E-state index contributed by atoms with van der Waals surface area (Å²) in [4.78, 5) is 52.5. The summed E-state index contributed by atoms with van der Waals surface area (Å²) in [6, 6.07) is 4.20. The van der Waals surface area contributed by atoms with E-state index < -0.39 is 0 Å². The minimum atomic E-state index is -0.339. The van der Waals surface area contributed by atoms with Gasteiger partial charge >= 0.3 is 0 Å². The van der Waals surface area contributed by atoms with Crippen molar-refractivity contribution in [1.82, 2.24) is 29.4 Å². The molecule has 0 aromatic heterocycles.